The number of fused-ring (bicyclic) bond motifs is 1. The predicted molar refractivity (Wildman–Crippen MR) is 145 cm³/mol. The minimum atomic E-state index is -1.00. The van der Waals surface area contributed by atoms with E-state index in [0.717, 1.165) is 23.1 Å². The van der Waals surface area contributed by atoms with E-state index in [0.29, 0.717) is 9.81 Å². The number of β-lactam (4-membered cyclic amide) rings is 1. The molecular formula is C23H25N5O9S3. The molecule has 0 saturated carbocycles. The fraction of sp³-hybridized carbons (Fsp3) is 0.435. The summed E-state index contributed by atoms with van der Waals surface area (Å²) in [5.74, 6) is -3.04. The lowest BCUT2D eigenvalue weighted by Gasteiger charge is -2.49. The summed E-state index contributed by atoms with van der Waals surface area (Å²) in [6.07, 6.45) is 1.30. The number of thioether (sulfide) groups is 2. The average molecular weight is 612 g/mol. The lowest BCUT2D eigenvalue weighted by Crippen LogP contribution is -2.71. The van der Waals surface area contributed by atoms with E-state index in [2.05, 4.69) is 15.5 Å². The number of nitrogens with one attached hydrogen (secondary N) is 1. The van der Waals surface area contributed by atoms with Crippen LogP contribution >= 0.6 is 34.9 Å². The Labute approximate surface area is 240 Å². The number of anilines is 1. The molecule has 1 fully saturated rings. The van der Waals surface area contributed by atoms with Crippen LogP contribution in [0.5, 0.6) is 0 Å². The number of aromatic nitrogens is 1. The van der Waals surface area contributed by atoms with E-state index in [4.69, 9.17) is 24.8 Å². The zero-order valence-electron chi connectivity index (χ0n) is 21.7. The second kappa shape index (κ2) is 11.9. The highest BCUT2D eigenvalue weighted by atomic mass is 32.2. The van der Waals surface area contributed by atoms with Crippen LogP contribution in [-0.2, 0) is 43.0 Å². The summed E-state index contributed by atoms with van der Waals surface area (Å²) in [7, 11) is 1.26. The average Bonchev–Trinajstić information content (AvgIpc) is 3.51. The summed E-state index contributed by atoms with van der Waals surface area (Å²) in [6.45, 7) is 4.32. The Morgan fingerprint density at radius 1 is 1.30 bits per heavy atom. The van der Waals surface area contributed by atoms with Gasteiger partial charge in [0, 0.05) is 27.0 Å². The second-order valence-corrected chi connectivity index (χ2v) is 12.6. The summed E-state index contributed by atoms with van der Waals surface area (Å²) < 4.78 is 15.2. The van der Waals surface area contributed by atoms with Crippen LogP contribution in [0.15, 0.2) is 32.1 Å². The molecule has 1 aromatic heterocycles. The van der Waals surface area contributed by atoms with E-state index in [1.807, 2.05) is 0 Å². The Morgan fingerprint density at radius 3 is 2.65 bits per heavy atom. The molecule has 0 spiro atoms. The number of carbonyl (C=O) groups is 5. The van der Waals surface area contributed by atoms with Gasteiger partial charge in [-0.05, 0) is 20.8 Å². The summed E-state index contributed by atoms with van der Waals surface area (Å²) >= 11 is 3.51. The number of hydrogen-bond donors (Lipinski definition) is 2. The van der Waals surface area contributed by atoms with Crippen molar-refractivity contribution in [1.29, 1.82) is 0 Å². The first kappa shape index (κ1) is 29.4. The summed E-state index contributed by atoms with van der Waals surface area (Å²) in [5, 5.41) is 7.43. The van der Waals surface area contributed by atoms with E-state index >= 15 is 0 Å². The van der Waals surface area contributed by atoms with E-state index < -0.39 is 53.3 Å². The van der Waals surface area contributed by atoms with Crippen molar-refractivity contribution < 1.29 is 43.0 Å². The molecular weight excluding hydrogens is 586 g/mol. The molecule has 40 heavy (non-hydrogen) atoms. The molecule has 0 radical (unpaired) electrons. The maximum absolute atomic E-state index is 13.3. The molecule has 14 nitrogen and oxygen atoms in total. The minimum Gasteiger partial charge on any atom is -0.457 e. The van der Waals surface area contributed by atoms with Crippen molar-refractivity contribution in [2.45, 2.75) is 32.2 Å². The van der Waals surface area contributed by atoms with Crippen molar-refractivity contribution in [2.24, 2.45) is 10.6 Å². The Hall–Kier alpha value is -3.57. The number of nitrogens with two attached hydrogens (primary N) is 1. The molecule has 2 amide bonds. The molecule has 3 aliphatic rings. The van der Waals surface area contributed by atoms with Crippen molar-refractivity contribution in [1.82, 2.24) is 15.2 Å². The molecule has 3 N–H and O–H groups in total. The van der Waals surface area contributed by atoms with Gasteiger partial charge in [0.05, 0.1) is 5.41 Å². The van der Waals surface area contributed by atoms with E-state index in [-0.39, 0.29) is 34.6 Å². The van der Waals surface area contributed by atoms with E-state index in [1.165, 1.54) is 35.2 Å². The van der Waals surface area contributed by atoms with Crippen LogP contribution in [0, 0.1) is 5.41 Å². The van der Waals surface area contributed by atoms with Crippen molar-refractivity contribution in [3.05, 3.63) is 32.7 Å². The van der Waals surface area contributed by atoms with Crippen LogP contribution in [-0.4, -0.2) is 83.0 Å². The van der Waals surface area contributed by atoms with Crippen molar-refractivity contribution in [3.63, 3.8) is 0 Å². The molecule has 1 saturated heterocycles. The van der Waals surface area contributed by atoms with Crippen LogP contribution in [0.1, 0.15) is 26.5 Å². The number of ether oxygens (including phenoxy) is 3. The van der Waals surface area contributed by atoms with Crippen molar-refractivity contribution >= 4 is 75.4 Å². The number of esters is 3. The van der Waals surface area contributed by atoms with Gasteiger partial charge in [0.1, 0.15) is 36.5 Å². The monoisotopic (exact) mass is 611 g/mol. The fourth-order valence-electron chi connectivity index (χ4n) is 3.56. The molecule has 4 rings (SSSR count). The van der Waals surface area contributed by atoms with Crippen LogP contribution in [0.3, 0.4) is 0 Å². The van der Waals surface area contributed by atoms with Gasteiger partial charge < -0.3 is 30.1 Å². The molecule has 0 aliphatic carbocycles. The van der Waals surface area contributed by atoms with E-state index in [9.17, 15) is 24.0 Å². The zero-order valence-corrected chi connectivity index (χ0v) is 24.2. The highest BCUT2D eigenvalue weighted by Gasteiger charge is 2.55. The Kier molecular flexibility index (Phi) is 8.74. The number of carbonyl (C=O) groups excluding carboxylic acids is 5. The summed E-state index contributed by atoms with van der Waals surface area (Å²) in [6, 6.07) is -1.00. The Morgan fingerprint density at radius 2 is 2.05 bits per heavy atom. The van der Waals surface area contributed by atoms with Gasteiger partial charge in [-0.15, -0.1) is 23.1 Å². The largest absolute Gasteiger partial charge is 0.457 e. The number of rotatable bonds is 9. The molecule has 3 aliphatic heterocycles. The van der Waals surface area contributed by atoms with Crippen molar-refractivity contribution in [3.8, 4) is 0 Å². The summed E-state index contributed by atoms with van der Waals surface area (Å²) in [5.41, 5.74) is 4.78. The molecule has 0 unspecified atom stereocenters. The second-order valence-electron chi connectivity index (χ2n) is 9.38. The first-order chi connectivity index (χ1) is 18.9. The van der Waals surface area contributed by atoms with Gasteiger partial charge in [-0.1, -0.05) is 16.9 Å². The minimum absolute atomic E-state index is 0.0298. The lowest BCUT2D eigenvalue weighted by molar-refractivity contribution is -0.173. The number of hydrogen-bond acceptors (Lipinski definition) is 15. The number of thiazole rings is 1. The van der Waals surface area contributed by atoms with Gasteiger partial charge in [0.15, 0.2) is 10.8 Å². The SMILES string of the molecule is CO/N=C(\C(=O)N[C@@H]1C(=O)N2C(C(=O)OCOC(=O)C(C)(C)C)=C(SC3=CC(=O)OC3)CS[C@H]12)c1csc(N)n1. The predicted octanol–water partition coefficient (Wildman–Crippen LogP) is 0.951. The molecule has 17 heteroatoms. The van der Waals surface area contributed by atoms with Crippen LogP contribution in [0.2, 0.25) is 0 Å². The van der Waals surface area contributed by atoms with Crippen LogP contribution < -0.4 is 11.1 Å². The lowest BCUT2D eigenvalue weighted by atomic mass is 9.98. The standard InChI is InChI=1S/C23H25N5O9S3/c1-23(2,3)21(33)37-9-36-20(32)16-12(40-10-5-13(29)35-6-10)8-38-19-15(18(31)28(16)19)26-17(30)14(27-34-4)11-7-39-22(24)25-11/h5,7,15,19H,6,8-9H2,1-4H3,(H2,24,25)(H,26,30)/b27-14-/t15-,19-/m1/s1. The third-order valence-electron chi connectivity index (χ3n) is 5.46. The third-order valence-corrected chi connectivity index (χ3v) is 8.68. The van der Waals surface area contributed by atoms with Gasteiger partial charge in [-0.3, -0.25) is 19.3 Å². The summed E-state index contributed by atoms with van der Waals surface area (Å²) in [4.78, 5) is 74.0. The third kappa shape index (κ3) is 6.26. The maximum Gasteiger partial charge on any atom is 0.358 e. The molecule has 0 aromatic carbocycles. The van der Waals surface area contributed by atoms with Gasteiger partial charge in [-0.25, -0.2) is 14.6 Å². The number of cyclic esters (lactones) is 1. The topological polar surface area (TPSA) is 189 Å². The highest BCUT2D eigenvalue weighted by molar-refractivity contribution is 8.09. The van der Waals surface area contributed by atoms with E-state index in [1.54, 1.807) is 20.8 Å². The number of nitrogens with zero attached hydrogens (tertiary/aromatic N) is 3. The van der Waals surface area contributed by atoms with Crippen LogP contribution in [0.4, 0.5) is 5.13 Å². The Bertz CT molecular complexity index is 1350. The van der Waals surface area contributed by atoms with Gasteiger partial charge in [0.25, 0.3) is 11.8 Å². The molecule has 1 aromatic rings. The highest BCUT2D eigenvalue weighted by Crippen LogP contribution is 2.45. The quantitative estimate of drug-likeness (QED) is 0.132. The Balaban J connectivity index is 1.52. The normalized spacial score (nSPS) is 20.8. The number of nitrogen functional groups attached to an aromatic ring is 1. The number of amides is 2. The molecule has 2 atom stereocenters. The zero-order chi connectivity index (χ0) is 29.2. The first-order valence-corrected chi connectivity index (χ1v) is 14.4. The van der Waals surface area contributed by atoms with Gasteiger partial charge in [-0.2, -0.15) is 0 Å². The maximum atomic E-state index is 13.3. The van der Waals surface area contributed by atoms with Gasteiger partial charge in [0.2, 0.25) is 6.79 Å². The molecule has 4 heterocycles. The number of oxime groups is 1. The first-order valence-electron chi connectivity index (χ1n) is 11.6. The molecule has 214 valence electrons. The van der Waals surface area contributed by atoms with Crippen LogP contribution in [0.25, 0.3) is 0 Å². The smallest absolute Gasteiger partial charge is 0.358 e. The van der Waals surface area contributed by atoms with Gasteiger partial charge >= 0.3 is 17.9 Å². The fourth-order valence-corrected chi connectivity index (χ4v) is 6.61. The van der Waals surface area contributed by atoms with Crippen molar-refractivity contribution in [2.75, 3.05) is 32.0 Å². The molecule has 0 bridgehead atoms.